The molecule has 2 nitrogen and oxygen atoms in total. The van der Waals surface area contributed by atoms with Gasteiger partial charge in [0.1, 0.15) is 0 Å². The average Bonchev–Trinajstić information content (AvgIpc) is 2.53. The van der Waals surface area contributed by atoms with E-state index in [0.29, 0.717) is 17.5 Å². The molecule has 0 aromatic carbocycles. The predicted octanol–water partition coefficient (Wildman–Crippen LogP) is 2.69. The predicted molar refractivity (Wildman–Crippen MR) is 79.8 cm³/mol. The first kappa shape index (κ1) is 15.3. The number of hydrogen-bond donors (Lipinski definition) is 1. The maximum atomic E-state index is 3.55. The molecular weight excluding hydrogens is 228 g/mol. The molecule has 17 heavy (non-hydrogen) atoms. The highest BCUT2D eigenvalue weighted by Crippen LogP contribution is 2.41. The zero-order valence-electron chi connectivity index (χ0n) is 12.4. The lowest BCUT2D eigenvalue weighted by Gasteiger charge is -2.34. The number of nitrogens with one attached hydrogen (secondary N) is 1. The Bertz CT molecular complexity index is 230. The lowest BCUT2D eigenvalue weighted by atomic mass is 9.85. The first-order valence-electron chi connectivity index (χ1n) is 6.78. The van der Waals surface area contributed by atoms with Crippen LogP contribution in [0.1, 0.15) is 33.6 Å². The van der Waals surface area contributed by atoms with Crippen molar-refractivity contribution in [1.82, 2.24) is 10.2 Å². The first-order valence-corrected chi connectivity index (χ1v) is 8.18. The molecule has 1 saturated carbocycles. The SMILES string of the molecule is CNC1C(CN(C)C(C)CSC)CCC1(C)C. The minimum atomic E-state index is 0.461. The van der Waals surface area contributed by atoms with Crippen molar-refractivity contribution in [3.63, 3.8) is 0 Å². The fraction of sp³-hybridized carbons (Fsp3) is 1.00. The third-order valence-electron chi connectivity index (χ3n) is 4.47. The smallest absolute Gasteiger partial charge is 0.0156 e. The van der Waals surface area contributed by atoms with Crippen molar-refractivity contribution in [3.8, 4) is 0 Å². The molecule has 0 aliphatic heterocycles. The molecule has 0 saturated heterocycles. The Balaban J connectivity index is 2.51. The first-order chi connectivity index (χ1) is 7.92. The number of thioether (sulfide) groups is 1. The average molecular weight is 258 g/mol. The van der Waals surface area contributed by atoms with E-state index in [1.54, 1.807) is 0 Å². The van der Waals surface area contributed by atoms with E-state index in [0.717, 1.165) is 5.92 Å². The summed E-state index contributed by atoms with van der Waals surface area (Å²) in [6.07, 6.45) is 4.92. The quantitative estimate of drug-likeness (QED) is 0.788. The Morgan fingerprint density at radius 2 is 2.12 bits per heavy atom. The van der Waals surface area contributed by atoms with Crippen molar-refractivity contribution >= 4 is 11.8 Å². The zero-order valence-corrected chi connectivity index (χ0v) is 13.2. The highest BCUT2D eigenvalue weighted by Gasteiger charge is 2.41. The van der Waals surface area contributed by atoms with Gasteiger partial charge in [0, 0.05) is 24.4 Å². The summed E-state index contributed by atoms with van der Waals surface area (Å²) in [6.45, 7) is 8.38. The van der Waals surface area contributed by atoms with Gasteiger partial charge >= 0.3 is 0 Å². The van der Waals surface area contributed by atoms with Crippen LogP contribution in [0.15, 0.2) is 0 Å². The van der Waals surface area contributed by atoms with Crippen LogP contribution in [0, 0.1) is 11.3 Å². The second kappa shape index (κ2) is 6.44. The standard InChI is InChI=1S/C14H30N2S/c1-11(10-17-6)16(5)9-12-7-8-14(2,3)13(12)15-4/h11-13,15H,7-10H2,1-6H3. The van der Waals surface area contributed by atoms with Gasteiger partial charge in [-0.2, -0.15) is 11.8 Å². The molecular formula is C14H30N2S. The van der Waals surface area contributed by atoms with Crippen LogP contribution < -0.4 is 5.32 Å². The number of nitrogens with zero attached hydrogens (tertiary/aromatic N) is 1. The van der Waals surface area contributed by atoms with E-state index < -0.39 is 0 Å². The summed E-state index contributed by atoms with van der Waals surface area (Å²) in [4.78, 5) is 2.53. The molecule has 0 aromatic rings. The van der Waals surface area contributed by atoms with Crippen molar-refractivity contribution in [2.45, 2.75) is 45.7 Å². The number of rotatable bonds is 6. The maximum Gasteiger partial charge on any atom is 0.0156 e. The largest absolute Gasteiger partial charge is 0.316 e. The molecule has 1 N–H and O–H groups in total. The van der Waals surface area contributed by atoms with Crippen molar-refractivity contribution in [3.05, 3.63) is 0 Å². The molecule has 1 fully saturated rings. The molecule has 0 amide bonds. The van der Waals surface area contributed by atoms with Crippen LogP contribution >= 0.6 is 11.8 Å². The molecule has 1 rings (SSSR count). The Kier molecular flexibility index (Phi) is 5.81. The van der Waals surface area contributed by atoms with E-state index in [2.05, 4.69) is 51.3 Å². The molecule has 0 spiro atoms. The van der Waals surface area contributed by atoms with Gasteiger partial charge in [0.25, 0.3) is 0 Å². The van der Waals surface area contributed by atoms with Gasteiger partial charge in [-0.25, -0.2) is 0 Å². The van der Waals surface area contributed by atoms with Crippen LogP contribution in [0.4, 0.5) is 0 Å². The van der Waals surface area contributed by atoms with E-state index >= 15 is 0 Å². The van der Waals surface area contributed by atoms with Gasteiger partial charge in [0.2, 0.25) is 0 Å². The second-order valence-electron chi connectivity index (χ2n) is 6.30. The molecule has 3 unspecified atom stereocenters. The summed E-state index contributed by atoms with van der Waals surface area (Å²) in [5, 5.41) is 3.55. The second-order valence-corrected chi connectivity index (χ2v) is 7.21. The Morgan fingerprint density at radius 1 is 1.47 bits per heavy atom. The molecule has 3 atom stereocenters. The Labute approximate surface area is 112 Å². The van der Waals surface area contributed by atoms with E-state index in [1.807, 2.05) is 11.8 Å². The van der Waals surface area contributed by atoms with E-state index in [1.165, 1.54) is 25.1 Å². The summed E-state index contributed by atoms with van der Waals surface area (Å²) in [7, 11) is 4.40. The summed E-state index contributed by atoms with van der Waals surface area (Å²) >= 11 is 1.95. The van der Waals surface area contributed by atoms with Crippen molar-refractivity contribution in [2.75, 3.05) is 32.6 Å². The van der Waals surface area contributed by atoms with Gasteiger partial charge in [0.05, 0.1) is 0 Å². The summed E-state index contributed by atoms with van der Waals surface area (Å²) in [5.74, 6) is 2.04. The molecule has 1 aliphatic carbocycles. The van der Waals surface area contributed by atoms with E-state index in [4.69, 9.17) is 0 Å². The molecule has 3 heteroatoms. The monoisotopic (exact) mass is 258 g/mol. The summed E-state index contributed by atoms with van der Waals surface area (Å²) < 4.78 is 0. The molecule has 1 aliphatic rings. The minimum absolute atomic E-state index is 0.461. The fourth-order valence-electron chi connectivity index (χ4n) is 3.26. The lowest BCUT2D eigenvalue weighted by Crippen LogP contribution is -2.45. The van der Waals surface area contributed by atoms with Crippen molar-refractivity contribution < 1.29 is 0 Å². The molecule has 0 radical (unpaired) electrons. The van der Waals surface area contributed by atoms with Gasteiger partial charge < -0.3 is 10.2 Å². The normalized spacial score (nSPS) is 29.8. The highest BCUT2D eigenvalue weighted by molar-refractivity contribution is 7.98. The van der Waals surface area contributed by atoms with Gasteiger partial charge in [0.15, 0.2) is 0 Å². The van der Waals surface area contributed by atoms with Crippen LogP contribution in [0.5, 0.6) is 0 Å². The molecule has 0 aromatic heterocycles. The van der Waals surface area contributed by atoms with E-state index in [9.17, 15) is 0 Å². The molecule has 0 bridgehead atoms. The van der Waals surface area contributed by atoms with Crippen LogP contribution in [-0.2, 0) is 0 Å². The van der Waals surface area contributed by atoms with Crippen LogP contribution in [-0.4, -0.2) is 49.6 Å². The molecule has 0 heterocycles. The van der Waals surface area contributed by atoms with Gasteiger partial charge in [-0.15, -0.1) is 0 Å². The maximum absolute atomic E-state index is 3.55. The summed E-state index contributed by atoms with van der Waals surface area (Å²) in [5.41, 5.74) is 0.461. The van der Waals surface area contributed by atoms with Crippen molar-refractivity contribution in [2.24, 2.45) is 11.3 Å². The van der Waals surface area contributed by atoms with Gasteiger partial charge in [-0.05, 0) is 51.4 Å². The van der Waals surface area contributed by atoms with Crippen molar-refractivity contribution in [1.29, 1.82) is 0 Å². The van der Waals surface area contributed by atoms with Gasteiger partial charge in [-0.1, -0.05) is 13.8 Å². The highest BCUT2D eigenvalue weighted by atomic mass is 32.2. The lowest BCUT2D eigenvalue weighted by molar-refractivity contribution is 0.190. The third kappa shape index (κ3) is 3.87. The zero-order chi connectivity index (χ0) is 13.1. The topological polar surface area (TPSA) is 15.3 Å². The minimum Gasteiger partial charge on any atom is -0.316 e. The van der Waals surface area contributed by atoms with Crippen LogP contribution in [0.3, 0.4) is 0 Å². The van der Waals surface area contributed by atoms with E-state index in [-0.39, 0.29) is 0 Å². The van der Waals surface area contributed by atoms with Gasteiger partial charge in [-0.3, -0.25) is 0 Å². The fourth-order valence-corrected chi connectivity index (χ4v) is 4.00. The number of hydrogen-bond acceptors (Lipinski definition) is 3. The Hall–Kier alpha value is 0.270. The van der Waals surface area contributed by atoms with Crippen LogP contribution in [0.2, 0.25) is 0 Å². The van der Waals surface area contributed by atoms with Crippen LogP contribution in [0.25, 0.3) is 0 Å². The molecule has 102 valence electrons. The summed E-state index contributed by atoms with van der Waals surface area (Å²) in [6, 6.07) is 1.36. The third-order valence-corrected chi connectivity index (χ3v) is 5.28. The Morgan fingerprint density at radius 3 is 2.65 bits per heavy atom.